The molecule has 0 saturated carbocycles. The highest BCUT2D eigenvalue weighted by Gasteiger charge is 2.36. The maximum atomic E-state index is 13.9. The molecule has 2 aromatic heterocycles. The highest BCUT2D eigenvalue weighted by molar-refractivity contribution is 7.88. The summed E-state index contributed by atoms with van der Waals surface area (Å²) in [4.78, 5) is 45.7. The molecule has 0 bridgehead atoms. The van der Waals surface area contributed by atoms with Gasteiger partial charge in [0, 0.05) is 30.9 Å². The molecule has 1 saturated heterocycles. The first-order valence-corrected chi connectivity index (χ1v) is 15.7. The molecule has 3 heterocycles. The zero-order valence-electron chi connectivity index (χ0n) is 24.8. The molecule has 1 fully saturated rings. The van der Waals surface area contributed by atoms with Gasteiger partial charge in [0.15, 0.2) is 6.23 Å². The van der Waals surface area contributed by atoms with Crippen LogP contribution in [0.4, 0.5) is 10.6 Å². The Morgan fingerprint density at radius 3 is 2.49 bits per heavy atom. The second kappa shape index (κ2) is 13.3. The third kappa shape index (κ3) is 7.03. The van der Waals surface area contributed by atoms with Gasteiger partial charge in [0.1, 0.15) is 11.5 Å². The molecule has 1 aliphatic heterocycles. The van der Waals surface area contributed by atoms with Gasteiger partial charge in [0.2, 0.25) is 10.0 Å². The first kappa shape index (κ1) is 31.6. The van der Waals surface area contributed by atoms with Crippen molar-refractivity contribution >= 4 is 33.8 Å². The number of carbonyl (C=O) groups excluding carboxylic acids is 3. The van der Waals surface area contributed by atoms with Crippen molar-refractivity contribution in [2.45, 2.75) is 45.9 Å². The predicted molar refractivity (Wildman–Crippen MR) is 159 cm³/mol. The molecule has 1 unspecified atom stereocenters. The molecule has 4 rings (SSSR count). The number of piperidine rings is 1. The molecule has 0 spiro atoms. The lowest BCUT2D eigenvalue weighted by Gasteiger charge is -2.34. The van der Waals surface area contributed by atoms with Crippen molar-refractivity contribution in [3.8, 4) is 11.1 Å². The van der Waals surface area contributed by atoms with Crippen molar-refractivity contribution < 1.29 is 32.3 Å². The van der Waals surface area contributed by atoms with Crippen LogP contribution in [0, 0.1) is 6.92 Å². The summed E-state index contributed by atoms with van der Waals surface area (Å²) >= 11 is 0. The van der Waals surface area contributed by atoms with Crippen LogP contribution >= 0.6 is 0 Å². The van der Waals surface area contributed by atoms with Crippen LogP contribution in [0.3, 0.4) is 0 Å². The van der Waals surface area contributed by atoms with E-state index in [2.05, 4.69) is 15.4 Å². The lowest BCUT2D eigenvalue weighted by Crippen LogP contribution is -2.49. The van der Waals surface area contributed by atoms with Crippen LogP contribution in [-0.4, -0.2) is 83.7 Å². The Bertz CT molecular complexity index is 1580. The molecular weight excluding hydrogens is 576 g/mol. The summed E-state index contributed by atoms with van der Waals surface area (Å²) in [6, 6.07) is 10.3. The summed E-state index contributed by atoms with van der Waals surface area (Å²) in [5.41, 5.74) is 2.11. The number of rotatable bonds is 9. The van der Waals surface area contributed by atoms with Gasteiger partial charge in [0.25, 0.3) is 11.8 Å². The fraction of sp³-hybridized carbons (Fsp3) is 0.414. The van der Waals surface area contributed by atoms with E-state index < -0.39 is 28.3 Å². The van der Waals surface area contributed by atoms with Gasteiger partial charge in [0.05, 0.1) is 25.1 Å². The number of aryl methyl sites for hydroxylation is 2. The lowest BCUT2D eigenvalue weighted by molar-refractivity contribution is -0.00356. The quantitative estimate of drug-likeness (QED) is 0.282. The van der Waals surface area contributed by atoms with Crippen molar-refractivity contribution in [1.29, 1.82) is 0 Å². The average Bonchev–Trinajstić information content (AvgIpc) is 3.35. The predicted octanol–water partition coefficient (Wildman–Crippen LogP) is 3.11. The number of benzene rings is 1. The molecule has 0 aliphatic carbocycles. The van der Waals surface area contributed by atoms with E-state index in [0.29, 0.717) is 33.4 Å². The Hall–Kier alpha value is -4.30. The molecule has 2 amide bonds. The highest BCUT2D eigenvalue weighted by Crippen LogP contribution is 2.29. The number of anilines is 1. The Morgan fingerprint density at radius 2 is 1.88 bits per heavy atom. The number of aromatic nitrogens is 3. The molecule has 0 radical (unpaired) electrons. The smallest absolute Gasteiger partial charge is 0.435 e. The maximum Gasteiger partial charge on any atom is 0.510 e. The number of hydrogen-bond acceptors (Lipinski definition) is 10. The number of sulfonamides is 1. The third-order valence-electron chi connectivity index (χ3n) is 7.07. The average molecular weight is 613 g/mol. The van der Waals surface area contributed by atoms with E-state index in [-0.39, 0.29) is 24.2 Å². The molecule has 43 heavy (non-hydrogen) atoms. The van der Waals surface area contributed by atoms with E-state index in [9.17, 15) is 22.8 Å². The minimum Gasteiger partial charge on any atom is -0.435 e. The van der Waals surface area contributed by atoms with Gasteiger partial charge in [-0.05, 0) is 69.5 Å². The van der Waals surface area contributed by atoms with E-state index in [4.69, 9.17) is 9.47 Å². The minimum atomic E-state index is -4.19. The van der Waals surface area contributed by atoms with E-state index in [0.717, 1.165) is 31.2 Å². The second-order valence-corrected chi connectivity index (χ2v) is 12.1. The lowest BCUT2D eigenvalue weighted by atomic mass is 10.0. The first-order valence-electron chi connectivity index (χ1n) is 13.9. The van der Waals surface area contributed by atoms with Gasteiger partial charge in [-0.25, -0.2) is 18.2 Å². The number of pyridine rings is 1. The number of carbonyl (C=O) groups is 3. The fourth-order valence-corrected chi connectivity index (χ4v) is 6.05. The van der Waals surface area contributed by atoms with Crippen LogP contribution in [0.5, 0.6) is 0 Å². The van der Waals surface area contributed by atoms with Crippen molar-refractivity contribution in [1.82, 2.24) is 24.4 Å². The van der Waals surface area contributed by atoms with E-state index in [1.54, 1.807) is 42.3 Å². The fourth-order valence-electron chi connectivity index (χ4n) is 5.08. The van der Waals surface area contributed by atoms with Gasteiger partial charge in [-0.15, -0.1) is 0 Å². The first-order chi connectivity index (χ1) is 20.4. The normalized spacial score (nSPS) is 15.8. The van der Waals surface area contributed by atoms with Gasteiger partial charge in [-0.3, -0.25) is 19.2 Å². The van der Waals surface area contributed by atoms with Crippen LogP contribution in [0.25, 0.3) is 11.1 Å². The number of ether oxygens (including phenoxy) is 2. The monoisotopic (exact) mass is 612 g/mol. The molecule has 230 valence electrons. The number of amides is 2. The molecule has 14 heteroatoms. The second-order valence-electron chi connectivity index (χ2n) is 10.2. The zero-order chi connectivity index (χ0) is 31.3. The minimum absolute atomic E-state index is 0.0134. The zero-order valence-corrected chi connectivity index (χ0v) is 25.6. The highest BCUT2D eigenvalue weighted by atomic mass is 32.2. The van der Waals surface area contributed by atoms with Crippen LogP contribution in [-0.2, 0) is 26.5 Å². The van der Waals surface area contributed by atoms with Gasteiger partial charge in [-0.1, -0.05) is 18.2 Å². The van der Waals surface area contributed by atoms with Crippen molar-refractivity contribution in [3.05, 3.63) is 65.6 Å². The molecule has 1 aromatic carbocycles. The maximum absolute atomic E-state index is 13.9. The molecule has 13 nitrogen and oxygen atoms in total. The number of nitrogens with zero attached hydrogens (tertiary/aromatic N) is 5. The van der Waals surface area contributed by atoms with Gasteiger partial charge >= 0.3 is 6.16 Å². The molecular formula is C29H36N6O7S. The summed E-state index contributed by atoms with van der Waals surface area (Å²) in [6.45, 7) is 6.29. The molecule has 2 atom stereocenters. The molecule has 1 N–H and O–H groups in total. The van der Waals surface area contributed by atoms with Crippen molar-refractivity contribution in [3.63, 3.8) is 0 Å². The Morgan fingerprint density at radius 1 is 1.16 bits per heavy atom. The van der Waals surface area contributed by atoms with E-state index >= 15 is 0 Å². The Balaban J connectivity index is 1.66. The van der Waals surface area contributed by atoms with Gasteiger partial charge in [-0.2, -0.15) is 9.40 Å². The van der Waals surface area contributed by atoms with Crippen LogP contribution in [0.15, 0.2) is 48.8 Å². The Labute approximate surface area is 250 Å². The third-order valence-corrected chi connectivity index (χ3v) is 8.24. The topological polar surface area (TPSA) is 153 Å². The summed E-state index contributed by atoms with van der Waals surface area (Å²) in [6.07, 6.45) is 3.11. The summed E-state index contributed by atoms with van der Waals surface area (Å²) in [7, 11) is -2.69. The summed E-state index contributed by atoms with van der Waals surface area (Å²) in [5.74, 6) is -0.556. The SMILES string of the molecule is CCOC(=O)OC(C)N(C(=O)c1c(-c2ccc(C(=O)N(c3ncccc3C)[C@@H]3CCCNC3)cc2)cnn1C)S(C)(=O)=O. The van der Waals surface area contributed by atoms with Crippen LogP contribution in [0.1, 0.15) is 53.1 Å². The largest absolute Gasteiger partial charge is 0.510 e. The number of nitrogens with one attached hydrogen (secondary N) is 1. The van der Waals surface area contributed by atoms with E-state index in [1.165, 1.54) is 24.9 Å². The standard InChI is InChI=1S/C29H36N6O7S/c1-6-41-29(38)42-20(3)35(43(5,39)40)28(37)25-24(18-32-33(25)4)21-11-13-22(14-12-21)27(36)34(23-10-8-15-30-17-23)26-19(2)9-7-16-31-26/h7,9,11-14,16,18,20,23,30H,6,8,10,15,17H2,1-5H3/t20?,23-/m1/s1. The van der Waals surface area contributed by atoms with Crippen LogP contribution < -0.4 is 10.2 Å². The molecule has 1 aliphatic rings. The van der Waals surface area contributed by atoms with E-state index in [1.807, 2.05) is 19.1 Å². The Kier molecular flexibility index (Phi) is 9.81. The summed E-state index contributed by atoms with van der Waals surface area (Å²) in [5, 5.41) is 7.54. The number of hydrogen-bond donors (Lipinski definition) is 1. The van der Waals surface area contributed by atoms with Crippen molar-refractivity contribution in [2.75, 3.05) is 30.9 Å². The van der Waals surface area contributed by atoms with Crippen molar-refractivity contribution in [2.24, 2.45) is 7.05 Å². The molecule has 3 aromatic rings. The summed E-state index contributed by atoms with van der Waals surface area (Å²) < 4.78 is 36.8. The van der Waals surface area contributed by atoms with Gasteiger partial charge < -0.3 is 14.8 Å². The van der Waals surface area contributed by atoms with Crippen LogP contribution in [0.2, 0.25) is 0 Å².